The maximum Gasteiger partial charge on any atom is 0.323 e. The number of hydrogen-bond donors (Lipinski definition) is 2. The average Bonchev–Trinajstić information content (AvgIpc) is 2.68. The van der Waals surface area contributed by atoms with Crippen molar-refractivity contribution in [1.29, 1.82) is 0 Å². The van der Waals surface area contributed by atoms with E-state index >= 15 is 0 Å². The second kappa shape index (κ2) is 8.19. The van der Waals surface area contributed by atoms with Crippen molar-refractivity contribution in [3.05, 3.63) is 35.9 Å². The Kier molecular flexibility index (Phi) is 5.92. The minimum Gasteiger partial charge on any atom is -0.480 e. The van der Waals surface area contributed by atoms with Gasteiger partial charge in [0.1, 0.15) is 0 Å². The number of rotatable bonds is 6. The van der Waals surface area contributed by atoms with E-state index < -0.39 is 17.2 Å². The Morgan fingerprint density at radius 3 is 2.41 bits per heavy atom. The molecule has 2 heterocycles. The first-order valence-corrected chi connectivity index (χ1v) is 9.47. The van der Waals surface area contributed by atoms with Gasteiger partial charge in [0, 0.05) is 25.7 Å². The predicted molar refractivity (Wildman–Crippen MR) is 100 cm³/mol. The molecule has 0 spiro atoms. The van der Waals surface area contributed by atoms with Gasteiger partial charge in [-0.25, -0.2) is 0 Å². The zero-order valence-electron chi connectivity index (χ0n) is 15.7. The van der Waals surface area contributed by atoms with Gasteiger partial charge in [-0.2, -0.15) is 0 Å². The van der Waals surface area contributed by atoms with E-state index in [0.29, 0.717) is 24.7 Å². The molecule has 1 aromatic rings. The van der Waals surface area contributed by atoms with Crippen LogP contribution in [0, 0.1) is 0 Å². The average molecular weight is 373 g/mol. The third kappa shape index (κ3) is 3.89. The van der Waals surface area contributed by atoms with Gasteiger partial charge in [-0.05, 0) is 38.4 Å². The van der Waals surface area contributed by atoms with E-state index in [1.54, 1.807) is 35.2 Å². The van der Waals surface area contributed by atoms with Crippen molar-refractivity contribution in [3.8, 4) is 0 Å². The number of Topliss-reactive ketones (excluding diaryl/α,β-unsaturated/α-hetero) is 1. The number of carboxylic acids is 1. The van der Waals surface area contributed by atoms with Crippen LogP contribution in [0.1, 0.15) is 25.3 Å². The van der Waals surface area contributed by atoms with Gasteiger partial charge in [0.2, 0.25) is 5.91 Å². The lowest BCUT2D eigenvalue weighted by atomic mass is 9.76. The summed E-state index contributed by atoms with van der Waals surface area (Å²) in [5, 5.41) is 13.3. The van der Waals surface area contributed by atoms with Crippen LogP contribution in [-0.2, 0) is 19.8 Å². The van der Waals surface area contributed by atoms with Crippen LogP contribution in [0.15, 0.2) is 30.3 Å². The molecule has 2 aliphatic rings. The van der Waals surface area contributed by atoms with E-state index in [4.69, 9.17) is 0 Å². The molecule has 7 nitrogen and oxygen atoms in total. The van der Waals surface area contributed by atoms with Gasteiger partial charge >= 0.3 is 5.97 Å². The monoisotopic (exact) mass is 373 g/mol. The second-order valence-electron chi connectivity index (χ2n) is 7.40. The minimum atomic E-state index is -1.73. The van der Waals surface area contributed by atoms with E-state index in [-0.39, 0.29) is 19.0 Å². The maximum absolute atomic E-state index is 12.8. The zero-order valence-corrected chi connectivity index (χ0v) is 15.7. The highest BCUT2D eigenvalue weighted by molar-refractivity contribution is 6.08. The van der Waals surface area contributed by atoms with Crippen LogP contribution in [0.5, 0.6) is 0 Å². The summed E-state index contributed by atoms with van der Waals surface area (Å²) in [7, 11) is 0. The number of ketones is 1. The van der Waals surface area contributed by atoms with Crippen molar-refractivity contribution >= 4 is 17.7 Å². The summed E-state index contributed by atoms with van der Waals surface area (Å²) in [6.07, 6.45) is 2.04. The summed E-state index contributed by atoms with van der Waals surface area (Å²) in [4.78, 5) is 41.1. The molecule has 0 aliphatic carbocycles. The van der Waals surface area contributed by atoms with Crippen molar-refractivity contribution in [1.82, 2.24) is 15.1 Å². The smallest absolute Gasteiger partial charge is 0.323 e. The zero-order chi connectivity index (χ0) is 19.4. The topological polar surface area (TPSA) is 90.0 Å². The third-order valence-electron chi connectivity index (χ3n) is 5.83. The van der Waals surface area contributed by atoms with Crippen LogP contribution in [-0.4, -0.2) is 77.9 Å². The first-order chi connectivity index (χ1) is 12.9. The van der Waals surface area contributed by atoms with Crippen LogP contribution in [0.25, 0.3) is 0 Å². The van der Waals surface area contributed by atoms with E-state index in [0.717, 1.165) is 25.9 Å². The van der Waals surface area contributed by atoms with Gasteiger partial charge < -0.3 is 15.3 Å². The van der Waals surface area contributed by atoms with Crippen molar-refractivity contribution in [2.45, 2.75) is 31.2 Å². The molecule has 3 rings (SSSR count). The van der Waals surface area contributed by atoms with Crippen LogP contribution in [0.4, 0.5) is 0 Å². The Labute approximate surface area is 159 Å². The summed E-state index contributed by atoms with van der Waals surface area (Å²) >= 11 is 0. The molecule has 0 bridgehead atoms. The number of aliphatic carboxylic acids is 1. The lowest BCUT2D eigenvalue weighted by Crippen LogP contribution is -2.60. The lowest BCUT2D eigenvalue weighted by Gasteiger charge is -2.42. The molecule has 2 saturated heterocycles. The third-order valence-corrected chi connectivity index (χ3v) is 5.83. The van der Waals surface area contributed by atoms with Crippen LogP contribution >= 0.6 is 0 Å². The number of carboxylic acid groups (broad SMARTS) is 1. The minimum absolute atomic E-state index is 0.109. The van der Waals surface area contributed by atoms with Crippen molar-refractivity contribution in [2.24, 2.45) is 0 Å². The molecule has 7 heteroatoms. The normalized spacial score (nSPS) is 21.7. The number of piperazine rings is 1. The molecule has 0 saturated carbocycles. The largest absolute Gasteiger partial charge is 0.480 e. The first kappa shape index (κ1) is 19.5. The molecule has 1 amide bonds. The molecule has 0 radical (unpaired) electrons. The molecular weight excluding hydrogens is 346 g/mol. The van der Waals surface area contributed by atoms with E-state index in [2.05, 4.69) is 10.2 Å². The van der Waals surface area contributed by atoms with Crippen LogP contribution in [0.3, 0.4) is 0 Å². The summed E-state index contributed by atoms with van der Waals surface area (Å²) in [6, 6.07) is 8.89. The van der Waals surface area contributed by atoms with Gasteiger partial charge in [-0.15, -0.1) is 0 Å². The molecule has 1 atom stereocenters. The fourth-order valence-corrected chi connectivity index (χ4v) is 4.13. The van der Waals surface area contributed by atoms with E-state index in [1.807, 2.05) is 0 Å². The number of amides is 1. The molecule has 2 N–H and O–H groups in total. The summed E-state index contributed by atoms with van der Waals surface area (Å²) < 4.78 is 0. The van der Waals surface area contributed by atoms with Gasteiger partial charge in [-0.3, -0.25) is 19.3 Å². The fraction of sp³-hybridized carbons (Fsp3) is 0.550. The Hall–Kier alpha value is -2.25. The second-order valence-corrected chi connectivity index (χ2v) is 7.40. The molecule has 146 valence electrons. The summed E-state index contributed by atoms with van der Waals surface area (Å²) in [5.41, 5.74) is -1.31. The van der Waals surface area contributed by atoms with Gasteiger partial charge in [-0.1, -0.05) is 30.3 Å². The van der Waals surface area contributed by atoms with Crippen LogP contribution in [0.2, 0.25) is 0 Å². The van der Waals surface area contributed by atoms with Gasteiger partial charge in [0.05, 0.1) is 6.54 Å². The number of nitrogens with zero attached hydrogens (tertiary/aromatic N) is 2. The molecule has 2 aliphatic heterocycles. The molecule has 0 aromatic heterocycles. The molecule has 1 aromatic carbocycles. The molecule has 27 heavy (non-hydrogen) atoms. The Bertz CT molecular complexity index is 686. The Morgan fingerprint density at radius 1 is 1.19 bits per heavy atom. The van der Waals surface area contributed by atoms with Crippen molar-refractivity contribution in [3.63, 3.8) is 0 Å². The lowest BCUT2D eigenvalue weighted by molar-refractivity contribution is -0.151. The standard InChI is InChI=1S/C20H27N3O4/c1-15(24)20(19(26)27,16-5-3-2-4-6-16)14-23-12-11-22(13-18(23)25)17-7-9-21-10-8-17/h2-6,17,21H,7-14H2,1H3,(H,26,27). The van der Waals surface area contributed by atoms with E-state index in [1.165, 1.54) is 6.92 Å². The Morgan fingerprint density at radius 2 is 1.85 bits per heavy atom. The van der Waals surface area contributed by atoms with Crippen molar-refractivity contribution in [2.75, 3.05) is 39.3 Å². The number of hydrogen-bond acceptors (Lipinski definition) is 5. The van der Waals surface area contributed by atoms with Crippen LogP contribution < -0.4 is 5.32 Å². The van der Waals surface area contributed by atoms with Crippen molar-refractivity contribution < 1.29 is 19.5 Å². The summed E-state index contributed by atoms with van der Waals surface area (Å²) in [6.45, 7) is 4.51. The highest BCUT2D eigenvalue weighted by Gasteiger charge is 2.48. The number of carbonyl (C=O) groups is 3. The maximum atomic E-state index is 12.8. The highest BCUT2D eigenvalue weighted by atomic mass is 16.4. The number of piperidine rings is 1. The van der Waals surface area contributed by atoms with E-state index in [9.17, 15) is 19.5 Å². The number of nitrogens with one attached hydrogen (secondary N) is 1. The number of carbonyl (C=O) groups excluding carboxylic acids is 2. The summed E-state index contributed by atoms with van der Waals surface area (Å²) in [5.74, 6) is -1.79. The molecular formula is C20H27N3O4. The molecule has 2 fully saturated rings. The fourth-order valence-electron chi connectivity index (χ4n) is 4.13. The first-order valence-electron chi connectivity index (χ1n) is 9.47. The quantitative estimate of drug-likeness (QED) is 0.706. The Balaban J connectivity index is 1.78. The SMILES string of the molecule is CC(=O)C(CN1CCN(C2CCNCC2)CC1=O)(C(=O)O)c1ccccc1. The molecule has 1 unspecified atom stereocenters. The highest BCUT2D eigenvalue weighted by Crippen LogP contribution is 2.28. The van der Waals surface area contributed by atoms with Gasteiger partial charge in [0.15, 0.2) is 11.2 Å². The number of benzene rings is 1. The predicted octanol–water partition coefficient (Wildman–Crippen LogP) is 0.494. The van der Waals surface area contributed by atoms with Gasteiger partial charge in [0.25, 0.3) is 0 Å².